The maximum absolute atomic E-state index is 5.44. The highest BCUT2D eigenvalue weighted by Gasteiger charge is 2.34. The number of rotatable bonds is 6. The molecule has 0 aromatic carbocycles. The first-order valence-corrected chi connectivity index (χ1v) is 11.1. The first kappa shape index (κ1) is 14.4. The van der Waals surface area contributed by atoms with Crippen LogP contribution in [0.25, 0.3) is 0 Å². The molecule has 1 atom stereocenters. The summed E-state index contributed by atoms with van der Waals surface area (Å²) < 4.78 is 13.6. The maximum Gasteiger partial charge on any atom is 0.323 e. The van der Waals surface area contributed by atoms with Gasteiger partial charge in [0.1, 0.15) is 8.24 Å². The molecule has 0 saturated carbocycles. The van der Waals surface area contributed by atoms with Gasteiger partial charge in [-0.1, -0.05) is 20.0 Å². The lowest BCUT2D eigenvalue weighted by atomic mass is 10.3. The Balaban J connectivity index is 2.33. The normalized spacial score (nSPS) is 22.9. The lowest BCUT2D eigenvalue weighted by Crippen LogP contribution is -2.44. The van der Waals surface area contributed by atoms with Crippen molar-refractivity contribution in [2.75, 3.05) is 27.3 Å². The van der Waals surface area contributed by atoms with Crippen molar-refractivity contribution < 1.29 is 8.85 Å². The summed E-state index contributed by atoms with van der Waals surface area (Å²) in [6.07, 6.45) is 2.64. The monoisotopic (exact) mass is 261 g/mol. The Bertz CT molecular complexity index is 210. The van der Waals surface area contributed by atoms with Crippen LogP contribution in [0.4, 0.5) is 0 Å². The van der Waals surface area contributed by atoms with E-state index in [0.717, 1.165) is 0 Å². The quantitative estimate of drug-likeness (QED) is 0.684. The third-order valence-electron chi connectivity index (χ3n) is 3.86. The van der Waals surface area contributed by atoms with Crippen LogP contribution < -0.4 is 0 Å². The van der Waals surface area contributed by atoms with Crippen molar-refractivity contribution in [2.24, 2.45) is 0 Å². The molecule has 0 bridgehead atoms. The second-order valence-corrected chi connectivity index (χ2v) is 13.1. The molecule has 3 nitrogen and oxygen atoms in total. The van der Waals surface area contributed by atoms with Crippen molar-refractivity contribution in [1.29, 1.82) is 0 Å². The summed E-state index contributed by atoms with van der Waals surface area (Å²) in [5.41, 5.74) is 0.611. The first-order valence-electron chi connectivity index (χ1n) is 6.32. The molecule has 1 rings (SSSR count). The highest BCUT2D eigenvalue weighted by molar-refractivity contribution is 6.75. The lowest BCUT2D eigenvalue weighted by molar-refractivity contribution is 0.262. The highest BCUT2D eigenvalue weighted by Crippen LogP contribution is 2.27. The fourth-order valence-corrected chi connectivity index (χ4v) is 7.01. The van der Waals surface area contributed by atoms with Crippen molar-refractivity contribution in [3.05, 3.63) is 0 Å². The number of hydrogen-bond donors (Lipinski definition) is 0. The average molecular weight is 262 g/mol. The largest absolute Gasteiger partial charge is 0.400 e. The summed E-state index contributed by atoms with van der Waals surface area (Å²) >= 11 is 0. The molecule has 0 aliphatic carbocycles. The molecule has 16 heavy (non-hydrogen) atoms. The Kier molecular flexibility index (Phi) is 5.66. The van der Waals surface area contributed by atoms with E-state index in [-0.39, 0.29) is 0 Å². The van der Waals surface area contributed by atoms with Crippen LogP contribution >= 0.6 is 0 Å². The second-order valence-electron chi connectivity index (χ2n) is 5.51. The van der Waals surface area contributed by atoms with E-state index in [0.29, 0.717) is 5.54 Å². The summed E-state index contributed by atoms with van der Waals surface area (Å²) in [7, 11) is 1.14. The molecule has 0 radical (unpaired) electrons. The summed E-state index contributed by atoms with van der Waals surface area (Å²) in [6, 6.07) is 1.47. The molecular formula is C11H27NO2Si2. The standard InChI is InChI=1S/C11H27NO2Si2/c1-11(15(13-2)14-3)7-9-12-8-6-10-16(12,4)5/h11,15H,6-10H2,1-5H3. The van der Waals surface area contributed by atoms with Gasteiger partial charge in [0.25, 0.3) is 0 Å². The van der Waals surface area contributed by atoms with E-state index in [9.17, 15) is 0 Å². The fourth-order valence-electron chi connectivity index (χ4n) is 2.63. The molecule has 1 aliphatic heterocycles. The van der Waals surface area contributed by atoms with Crippen LogP contribution in [0.2, 0.25) is 24.7 Å². The third-order valence-corrected chi connectivity index (χ3v) is 9.78. The maximum atomic E-state index is 5.44. The zero-order valence-electron chi connectivity index (χ0n) is 11.5. The van der Waals surface area contributed by atoms with Crippen molar-refractivity contribution >= 4 is 17.5 Å². The van der Waals surface area contributed by atoms with Gasteiger partial charge in [-0.3, -0.25) is 0 Å². The van der Waals surface area contributed by atoms with Crippen molar-refractivity contribution in [1.82, 2.24) is 4.57 Å². The second kappa shape index (κ2) is 6.30. The van der Waals surface area contributed by atoms with Crippen LogP contribution in [0.1, 0.15) is 19.8 Å². The van der Waals surface area contributed by atoms with Crippen LogP contribution in [0, 0.1) is 0 Å². The van der Waals surface area contributed by atoms with E-state index in [4.69, 9.17) is 8.85 Å². The minimum Gasteiger partial charge on any atom is -0.400 e. The van der Waals surface area contributed by atoms with Gasteiger partial charge in [-0.2, -0.15) is 0 Å². The van der Waals surface area contributed by atoms with Gasteiger partial charge in [-0.25, -0.2) is 0 Å². The smallest absolute Gasteiger partial charge is 0.323 e. The van der Waals surface area contributed by atoms with E-state index in [2.05, 4.69) is 24.6 Å². The minimum absolute atomic E-state index is 0.611. The summed E-state index contributed by atoms with van der Waals surface area (Å²) in [5.74, 6) is 0. The summed E-state index contributed by atoms with van der Waals surface area (Å²) in [6.45, 7) is 9.82. The molecule has 1 fully saturated rings. The average Bonchev–Trinajstić information content (AvgIpc) is 2.56. The highest BCUT2D eigenvalue weighted by atomic mass is 28.3. The molecular weight excluding hydrogens is 234 g/mol. The first-order chi connectivity index (χ1) is 7.51. The zero-order valence-corrected chi connectivity index (χ0v) is 13.6. The molecule has 1 aliphatic rings. The molecule has 1 heterocycles. The minimum atomic E-state index is -1.40. The molecule has 96 valence electrons. The topological polar surface area (TPSA) is 21.7 Å². The van der Waals surface area contributed by atoms with Gasteiger partial charge in [-0.15, -0.1) is 0 Å². The molecule has 5 heteroatoms. The van der Waals surface area contributed by atoms with Crippen molar-refractivity contribution in [3.8, 4) is 0 Å². The summed E-state index contributed by atoms with van der Waals surface area (Å²) in [5, 5.41) is 0. The van der Waals surface area contributed by atoms with E-state index in [1.165, 1.54) is 32.0 Å². The third kappa shape index (κ3) is 3.66. The van der Waals surface area contributed by atoms with Crippen LogP contribution in [0.3, 0.4) is 0 Å². The predicted molar refractivity (Wildman–Crippen MR) is 73.7 cm³/mol. The molecule has 0 N–H and O–H groups in total. The van der Waals surface area contributed by atoms with Crippen LogP contribution in [-0.4, -0.2) is 49.4 Å². The molecule has 0 aromatic rings. The van der Waals surface area contributed by atoms with Gasteiger partial charge in [-0.05, 0) is 37.5 Å². The Morgan fingerprint density at radius 1 is 1.31 bits per heavy atom. The van der Waals surface area contributed by atoms with Crippen LogP contribution in [0.15, 0.2) is 0 Å². The molecule has 0 amide bonds. The fraction of sp³-hybridized carbons (Fsp3) is 1.00. The number of hydrogen-bond acceptors (Lipinski definition) is 3. The Hall–Kier alpha value is 0.314. The predicted octanol–water partition coefficient (Wildman–Crippen LogP) is 2.19. The van der Waals surface area contributed by atoms with Gasteiger partial charge in [0, 0.05) is 14.2 Å². The molecule has 1 saturated heterocycles. The molecule has 0 spiro atoms. The van der Waals surface area contributed by atoms with E-state index < -0.39 is 17.5 Å². The Morgan fingerprint density at radius 2 is 1.94 bits per heavy atom. The Labute approximate surface area is 103 Å². The molecule has 0 aromatic heterocycles. The van der Waals surface area contributed by atoms with E-state index >= 15 is 0 Å². The summed E-state index contributed by atoms with van der Waals surface area (Å²) in [4.78, 5) is 0. The van der Waals surface area contributed by atoms with Crippen molar-refractivity contribution in [3.63, 3.8) is 0 Å². The van der Waals surface area contributed by atoms with Gasteiger partial charge >= 0.3 is 9.28 Å². The van der Waals surface area contributed by atoms with E-state index in [1.807, 2.05) is 0 Å². The Morgan fingerprint density at radius 3 is 2.38 bits per heavy atom. The van der Waals surface area contributed by atoms with Gasteiger partial charge in [0.05, 0.1) is 0 Å². The SMILES string of the molecule is CO[SiH](OC)C(C)CCN1CCC[Si]1(C)C. The van der Waals surface area contributed by atoms with Gasteiger partial charge < -0.3 is 13.4 Å². The van der Waals surface area contributed by atoms with Crippen LogP contribution in [-0.2, 0) is 8.85 Å². The van der Waals surface area contributed by atoms with Gasteiger partial charge in [0.2, 0.25) is 0 Å². The zero-order chi connectivity index (χ0) is 12.2. The van der Waals surface area contributed by atoms with E-state index in [1.54, 1.807) is 14.2 Å². The van der Waals surface area contributed by atoms with Crippen molar-refractivity contribution in [2.45, 2.75) is 44.4 Å². The van der Waals surface area contributed by atoms with Gasteiger partial charge in [0.15, 0.2) is 0 Å². The molecule has 1 unspecified atom stereocenters. The van der Waals surface area contributed by atoms with Crippen LogP contribution in [0.5, 0.6) is 0 Å². The lowest BCUT2D eigenvalue weighted by Gasteiger charge is -2.31. The number of nitrogens with zero attached hydrogens (tertiary/aromatic N) is 1.